The molecule has 0 aliphatic carbocycles. The lowest BCUT2D eigenvalue weighted by Gasteiger charge is -2.12. The number of benzene rings is 2. The second-order valence-electron chi connectivity index (χ2n) is 4.68. The summed E-state index contributed by atoms with van der Waals surface area (Å²) in [5, 5.41) is 3.45. The van der Waals surface area contributed by atoms with Crippen LogP contribution in [0.2, 0.25) is 10.0 Å². The highest BCUT2D eigenvalue weighted by Crippen LogP contribution is 2.35. The summed E-state index contributed by atoms with van der Waals surface area (Å²) in [5.41, 5.74) is 3.63. The summed E-state index contributed by atoms with van der Waals surface area (Å²) in [6.45, 7) is 0. The number of fused-ring (bicyclic) bond motifs is 1. The molecule has 5 heteroatoms. The Morgan fingerprint density at radius 3 is 2.45 bits per heavy atom. The Bertz CT molecular complexity index is 700. The number of rotatable bonds is 2. The Kier molecular flexibility index (Phi) is 3.63. The first-order chi connectivity index (χ1) is 9.54. The van der Waals surface area contributed by atoms with E-state index in [0.29, 0.717) is 16.5 Å². The molecule has 1 aliphatic rings. The first-order valence-corrected chi connectivity index (χ1v) is 7.25. The molecular weight excluding hydrogens is 317 g/mol. The fourth-order valence-corrected chi connectivity index (χ4v) is 2.85. The third-order valence-corrected chi connectivity index (χ3v) is 4.53. The molecule has 1 N–H and O–H groups in total. The molecule has 0 bridgehead atoms. The summed E-state index contributed by atoms with van der Waals surface area (Å²) in [5.74, 6) is 0.0119. The smallest absolute Gasteiger partial charge is 0.228 e. The summed E-state index contributed by atoms with van der Waals surface area (Å²) in [7, 11) is 0. The Morgan fingerprint density at radius 2 is 1.70 bits per heavy atom. The van der Waals surface area contributed by atoms with Crippen molar-refractivity contribution in [2.24, 2.45) is 0 Å². The van der Waals surface area contributed by atoms with Gasteiger partial charge in [-0.3, -0.25) is 4.79 Å². The maximum atomic E-state index is 11.4. The fraction of sp³-hybridized carbons (Fsp3) is 0.133. The van der Waals surface area contributed by atoms with Gasteiger partial charge < -0.3 is 5.32 Å². The SMILES string of the molecule is O=C1Cc2cc(C(Cl)c3ccc(Cl)c(Cl)c3)ccc2N1. The molecule has 1 atom stereocenters. The van der Waals surface area contributed by atoms with E-state index in [-0.39, 0.29) is 11.3 Å². The molecule has 102 valence electrons. The number of nitrogens with one attached hydrogen (secondary N) is 1. The molecule has 1 amide bonds. The molecule has 0 saturated carbocycles. The van der Waals surface area contributed by atoms with Gasteiger partial charge in [0, 0.05) is 5.69 Å². The van der Waals surface area contributed by atoms with E-state index in [1.54, 1.807) is 12.1 Å². The van der Waals surface area contributed by atoms with Crippen LogP contribution >= 0.6 is 34.8 Å². The molecule has 0 radical (unpaired) electrons. The monoisotopic (exact) mass is 325 g/mol. The van der Waals surface area contributed by atoms with Crippen molar-refractivity contribution in [2.75, 3.05) is 5.32 Å². The number of carbonyl (C=O) groups excluding carboxylic acids is 1. The molecule has 2 aromatic rings. The number of anilines is 1. The van der Waals surface area contributed by atoms with Crippen molar-refractivity contribution in [1.82, 2.24) is 0 Å². The van der Waals surface area contributed by atoms with Crippen molar-refractivity contribution in [3.63, 3.8) is 0 Å². The van der Waals surface area contributed by atoms with Crippen LogP contribution in [0.4, 0.5) is 5.69 Å². The minimum absolute atomic E-state index is 0.0119. The Hall–Kier alpha value is -1.22. The van der Waals surface area contributed by atoms with Gasteiger partial charge in [-0.15, -0.1) is 11.6 Å². The number of hydrogen-bond acceptors (Lipinski definition) is 1. The van der Waals surface area contributed by atoms with Crippen molar-refractivity contribution in [3.05, 3.63) is 63.1 Å². The topological polar surface area (TPSA) is 29.1 Å². The molecule has 2 aromatic carbocycles. The molecule has 3 rings (SSSR count). The minimum Gasteiger partial charge on any atom is -0.326 e. The third kappa shape index (κ3) is 2.51. The summed E-state index contributed by atoms with van der Waals surface area (Å²) in [6, 6.07) is 11.1. The van der Waals surface area contributed by atoms with Crippen molar-refractivity contribution < 1.29 is 4.79 Å². The van der Waals surface area contributed by atoms with Crippen molar-refractivity contribution >= 4 is 46.4 Å². The molecule has 2 nitrogen and oxygen atoms in total. The van der Waals surface area contributed by atoms with E-state index in [9.17, 15) is 4.79 Å². The van der Waals surface area contributed by atoms with Crippen LogP contribution in [0.15, 0.2) is 36.4 Å². The Balaban J connectivity index is 1.94. The van der Waals surface area contributed by atoms with Gasteiger partial charge in [0.15, 0.2) is 0 Å². The fourth-order valence-electron chi connectivity index (χ4n) is 2.27. The highest BCUT2D eigenvalue weighted by Gasteiger charge is 2.20. The Morgan fingerprint density at radius 1 is 1.00 bits per heavy atom. The quantitative estimate of drug-likeness (QED) is 0.788. The predicted molar refractivity (Wildman–Crippen MR) is 82.9 cm³/mol. The zero-order valence-electron chi connectivity index (χ0n) is 10.3. The highest BCUT2D eigenvalue weighted by molar-refractivity contribution is 6.42. The van der Waals surface area contributed by atoms with E-state index in [1.165, 1.54) is 0 Å². The lowest BCUT2D eigenvalue weighted by atomic mass is 10.0. The molecule has 0 spiro atoms. The van der Waals surface area contributed by atoms with Gasteiger partial charge in [-0.2, -0.15) is 0 Å². The normalized spacial score (nSPS) is 14.8. The van der Waals surface area contributed by atoms with E-state index >= 15 is 0 Å². The van der Waals surface area contributed by atoms with Crippen molar-refractivity contribution in [1.29, 1.82) is 0 Å². The van der Waals surface area contributed by atoms with Crippen LogP contribution in [-0.2, 0) is 11.2 Å². The lowest BCUT2D eigenvalue weighted by molar-refractivity contribution is -0.115. The van der Waals surface area contributed by atoms with E-state index in [0.717, 1.165) is 22.4 Å². The van der Waals surface area contributed by atoms with Crippen molar-refractivity contribution in [2.45, 2.75) is 11.8 Å². The van der Waals surface area contributed by atoms with E-state index in [2.05, 4.69) is 5.32 Å². The minimum atomic E-state index is -0.328. The molecule has 0 aromatic heterocycles. The number of hydrogen-bond donors (Lipinski definition) is 1. The Labute approximate surface area is 131 Å². The largest absolute Gasteiger partial charge is 0.326 e. The van der Waals surface area contributed by atoms with Gasteiger partial charge in [0.25, 0.3) is 0 Å². The maximum absolute atomic E-state index is 11.4. The standard InChI is InChI=1S/C15H10Cl3NO/c16-11-3-1-9(6-12(11)17)15(18)8-2-4-13-10(5-8)7-14(20)19-13/h1-6,15H,7H2,(H,19,20). The molecule has 1 aliphatic heterocycles. The van der Waals surface area contributed by atoms with Crippen LogP contribution < -0.4 is 5.32 Å². The number of halogens is 3. The average Bonchev–Trinajstić information content (AvgIpc) is 2.80. The molecule has 1 heterocycles. The van der Waals surface area contributed by atoms with Crippen LogP contribution in [0, 0.1) is 0 Å². The summed E-state index contributed by atoms with van der Waals surface area (Å²) in [6.07, 6.45) is 0.397. The van der Waals surface area contributed by atoms with E-state index in [1.807, 2.05) is 24.3 Å². The van der Waals surface area contributed by atoms with Crippen LogP contribution in [0.25, 0.3) is 0 Å². The maximum Gasteiger partial charge on any atom is 0.228 e. The third-order valence-electron chi connectivity index (χ3n) is 3.28. The van der Waals surface area contributed by atoms with Gasteiger partial charge in [-0.25, -0.2) is 0 Å². The van der Waals surface area contributed by atoms with Gasteiger partial charge in [-0.1, -0.05) is 41.4 Å². The van der Waals surface area contributed by atoms with E-state index in [4.69, 9.17) is 34.8 Å². The molecule has 20 heavy (non-hydrogen) atoms. The van der Waals surface area contributed by atoms with Gasteiger partial charge in [0.2, 0.25) is 5.91 Å². The molecule has 1 unspecified atom stereocenters. The highest BCUT2D eigenvalue weighted by atomic mass is 35.5. The second-order valence-corrected chi connectivity index (χ2v) is 5.93. The predicted octanol–water partition coefficient (Wildman–Crippen LogP) is 4.82. The zero-order valence-corrected chi connectivity index (χ0v) is 12.6. The summed E-state index contributed by atoms with van der Waals surface area (Å²) < 4.78 is 0. The van der Waals surface area contributed by atoms with Crippen LogP contribution in [0.5, 0.6) is 0 Å². The number of amides is 1. The van der Waals surface area contributed by atoms with Crippen LogP contribution in [0.3, 0.4) is 0 Å². The second kappa shape index (κ2) is 5.28. The number of alkyl halides is 1. The van der Waals surface area contributed by atoms with Crippen LogP contribution in [0.1, 0.15) is 22.1 Å². The van der Waals surface area contributed by atoms with Gasteiger partial charge in [0.05, 0.1) is 21.8 Å². The molecular formula is C15H10Cl3NO. The first-order valence-electron chi connectivity index (χ1n) is 6.06. The van der Waals surface area contributed by atoms with Gasteiger partial charge in [-0.05, 0) is 34.9 Å². The van der Waals surface area contributed by atoms with Gasteiger partial charge in [0.1, 0.15) is 0 Å². The molecule has 0 fully saturated rings. The van der Waals surface area contributed by atoms with Gasteiger partial charge >= 0.3 is 0 Å². The molecule has 0 saturated heterocycles. The summed E-state index contributed by atoms with van der Waals surface area (Å²) >= 11 is 18.4. The van der Waals surface area contributed by atoms with Crippen LogP contribution in [-0.4, -0.2) is 5.91 Å². The number of carbonyl (C=O) groups is 1. The van der Waals surface area contributed by atoms with Crippen molar-refractivity contribution in [3.8, 4) is 0 Å². The van der Waals surface area contributed by atoms with E-state index < -0.39 is 0 Å². The summed E-state index contributed by atoms with van der Waals surface area (Å²) in [4.78, 5) is 11.4. The zero-order chi connectivity index (χ0) is 14.3. The lowest BCUT2D eigenvalue weighted by Crippen LogP contribution is -2.03. The first kappa shape index (κ1) is 13.7. The average molecular weight is 327 g/mol.